The van der Waals surface area contributed by atoms with Crippen LogP contribution < -0.4 is 15.4 Å². The maximum absolute atomic E-state index is 6.24. The van der Waals surface area contributed by atoms with Gasteiger partial charge in [-0.3, -0.25) is 0 Å². The van der Waals surface area contributed by atoms with Gasteiger partial charge in [0.15, 0.2) is 0 Å². The zero-order chi connectivity index (χ0) is 13.2. The van der Waals surface area contributed by atoms with Crippen LogP contribution in [-0.2, 0) is 0 Å². The lowest BCUT2D eigenvalue weighted by Gasteiger charge is -2.37. The number of anilines is 1. The quantitative estimate of drug-likeness (QED) is 0.883. The molecule has 0 bridgehead atoms. The second-order valence-corrected chi connectivity index (χ2v) is 5.90. The SMILES string of the molecule is COc1ccc(NC2CCNC(C)(C)C2)c(Cl)c1. The standard InChI is InChI=1S/C14H21ClN2O/c1-14(2)9-10(6-7-16-14)17-13-5-4-11(18-3)8-12(13)15/h4-5,8,10,16-17H,6-7,9H2,1-3H3. The predicted octanol–water partition coefficient (Wildman–Crippen LogP) is 3.29. The van der Waals surface area contributed by atoms with Crippen LogP contribution in [0.4, 0.5) is 5.69 Å². The highest BCUT2D eigenvalue weighted by Crippen LogP contribution is 2.29. The van der Waals surface area contributed by atoms with Crippen molar-refractivity contribution in [3.63, 3.8) is 0 Å². The smallest absolute Gasteiger partial charge is 0.120 e. The van der Waals surface area contributed by atoms with Crippen molar-refractivity contribution in [2.45, 2.75) is 38.3 Å². The maximum atomic E-state index is 6.24. The van der Waals surface area contributed by atoms with E-state index < -0.39 is 0 Å². The Labute approximate surface area is 114 Å². The van der Waals surface area contributed by atoms with Crippen molar-refractivity contribution in [3.8, 4) is 5.75 Å². The highest BCUT2D eigenvalue weighted by molar-refractivity contribution is 6.33. The molecule has 0 amide bonds. The summed E-state index contributed by atoms with van der Waals surface area (Å²) in [6, 6.07) is 6.22. The topological polar surface area (TPSA) is 33.3 Å². The molecule has 1 aromatic rings. The molecule has 0 aromatic heterocycles. The van der Waals surface area contributed by atoms with Crippen LogP contribution in [0.3, 0.4) is 0 Å². The third kappa shape index (κ3) is 3.30. The lowest BCUT2D eigenvalue weighted by Crippen LogP contribution is -2.50. The molecular weight excluding hydrogens is 248 g/mol. The summed E-state index contributed by atoms with van der Waals surface area (Å²) in [7, 11) is 1.65. The first-order valence-electron chi connectivity index (χ1n) is 6.35. The van der Waals surface area contributed by atoms with Crippen LogP contribution in [0.1, 0.15) is 26.7 Å². The lowest BCUT2D eigenvalue weighted by atomic mass is 9.89. The minimum atomic E-state index is 0.189. The first-order valence-corrected chi connectivity index (χ1v) is 6.73. The van der Waals surface area contributed by atoms with E-state index in [0.29, 0.717) is 11.1 Å². The van der Waals surface area contributed by atoms with E-state index in [1.165, 1.54) is 0 Å². The Morgan fingerprint density at radius 2 is 2.22 bits per heavy atom. The molecule has 1 unspecified atom stereocenters. The summed E-state index contributed by atoms with van der Waals surface area (Å²) < 4.78 is 5.15. The molecule has 1 aliphatic heterocycles. The summed E-state index contributed by atoms with van der Waals surface area (Å²) in [6.07, 6.45) is 2.21. The van der Waals surface area contributed by atoms with Gasteiger partial charge >= 0.3 is 0 Å². The molecule has 100 valence electrons. The molecule has 18 heavy (non-hydrogen) atoms. The number of hydrogen-bond donors (Lipinski definition) is 2. The lowest BCUT2D eigenvalue weighted by molar-refractivity contribution is 0.286. The second kappa shape index (κ2) is 5.37. The van der Waals surface area contributed by atoms with Crippen LogP contribution in [-0.4, -0.2) is 25.2 Å². The summed E-state index contributed by atoms with van der Waals surface area (Å²) in [5.74, 6) is 0.788. The van der Waals surface area contributed by atoms with E-state index in [1.54, 1.807) is 7.11 Å². The first-order chi connectivity index (χ1) is 8.50. The third-order valence-corrected chi connectivity index (χ3v) is 3.70. The molecule has 4 heteroatoms. The van der Waals surface area contributed by atoms with Gasteiger partial charge in [0.1, 0.15) is 5.75 Å². The molecule has 1 fully saturated rings. The molecule has 0 saturated carbocycles. The Kier molecular flexibility index (Phi) is 4.03. The van der Waals surface area contributed by atoms with Crippen LogP contribution in [0.25, 0.3) is 0 Å². The van der Waals surface area contributed by atoms with Crippen molar-refractivity contribution in [2.24, 2.45) is 0 Å². The Morgan fingerprint density at radius 1 is 1.44 bits per heavy atom. The number of halogens is 1. The van der Waals surface area contributed by atoms with Gasteiger partial charge in [-0.1, -0.05) is 11.6 Å². The van der Waals surface area contributed by atoms with E-state index in [1.807, 2.05) is 18.2 Å². The van der Waals surface area contributed by atoms with Crippen molar-refractivity contribution in [1.82, 2.24) is 5.32 Å². The second-order valence-electron chi connectivity index (χ2n) is 5.49. The number of hydrogen-bond acceptors (Lipinski definition) is 3. The van der Waals surface area contributed by atoms with E-state index >= 15 is 0 Å². The molecule has 1 saturated heterocycles. The number of rotatable bonds is 3. The summed E-state index contributed by atoms with van der Waals surface area (Å²) in [5, 5.41) is 7.76. The minimum Gasteiger partial charge on any atom is -0.497 e. The predicted molar refractivity (Wildman–Crippen MR) is 76.7 cm³/mol. The average molecular weight is 269 g/mol. The fourth-order valence-corrected chi connectivity index (χ4v) is 2.68. The van der Waals surface area contributed by atoms with Crippen LogP contribution in [0.2, 0.25) is 5.02 Å². The number of methoxy groups -OCH3 is 1. The molecule has 1 aliphatic rings. The van der Waals surface area contributed by atoms with E-state index in [-0.39, 0.29) is 5.54 Å². The van der Waals surface area contributed by atoms with Crippen molar-refractivity contribution >= 4 is 17.3 Å². The van der Waals surface area contributed by atoms with E-state index in [9.17, 15) is 0 Å². The van der Waals surface area contributed by atoms with E-state index in [2.05, 4.69) is 24.5 Å². The Morgan fingerprint density at radius 3 is 2.83 bits per heavy atom. The van der Waals surface area contributed by atoms with Crippen LogP contribution in [0.15, 0.2) is 18.2 Å². The van der Waals surface area contributed by atoms with Crippen molar-refractivity contribution < 1.29 is 4.74 Å². The van der Waals surface area contributed by atoms with Crippen molar-refractivity contribution in [2.75, 3.05) is 19.0 Å². The number of benzene rings is 1. The Hall–Kier alpha value is -0.930. The van der Waals surface area contributed by atoms with Crippen LogP contribution >= 0.6 is 11.6 Å². The molecule has 3 nitrogen and oxygen atoms in total. The number of piperidine rings is 1. The summed E-state index contributed by atoms with van der Waals surface area (Å²) in [4.78, 5) is 0. The molecule has 0 radical (unpaired) electrons. The van der Waals surface area contributed by atoms with Gasteiger partial charge in [0.2, 0.25) is 0 Å². The maximum Gasteiger partial charge on any atom is 0.120 e. The highest BCUT2D eigenvalue weighted by atomic mass is 35.5. The number of nitrogens with one attached hydrogen (secondary N) is 2. The molecule has 1 atom stereocenters. The van der Waals surface area contributed by atoms with Gasteiger partial charge in [-0.05, 0) is 45.4 Å². The minimum absolute atomic E-state index is 0.189. The summed E-state index contributed by atoms with van der Waals surface area (Å²) in [6.45, 7) is 5.51. The molecule has 2 N–H and O–H groups in total. The molecule has 0 spiro atoms. The Balaban J connectivity index is 2.05. The highest BCUT2D eigenvalue weighted by Gasteiger charge is 2.27. The largest absolute Gasteiger partial charge is 0.497 e. The molecule has 0 aliphatic carbocycles. The average Bonchev–Trinajstić information content (AvgIpc) is 2.30. The van der Waals surface area contributed by atoms with Gasteiger partial charge in [-0.2, -0.15) is 0 Å². The van der Waals surface area contributed by atoms with Gasteiger partial charge in [-0.15, -0.1) is 0 Å². The monoisotopic (exact) mass is 268 g/mol. The van der Waals surface area contributed by atoms with Gasteiger partial charge in [0.25, 0.3) is 0 Å². The van der Waals surface area contributed by atoms with Gasteiger partial charge in [-0.25, -0.2) is 0 Å². The van der Waals surface area contributed by atoms with Gasteiger partial charge < -0.3 is 15.4 Å². The first kappa shape index (κ1) is 13.5. The van der Waals surface area contributed by atoms with E-state index in [4.69, 9.17) is 16.3 Å². The number of ether oxygens (including phenoxy) is 1. The fourth-order valence-electron chi connectivity index (χ4n) is 2.46. The van der Waals surface area contributed by atoms with Gasteiger partial charge in [0.05, 0.1) is 17.8 Å². The van der Waals surface area contributed by atoms with Crippen LogP contribution in [0.5, 0.6) is 5.75 Å². The van der Waals surface area contributed by atoms with Crippen molar-refractivity contribution in [3.05, 3.63) is 23.2 Å². The third-order valence-electron chi connectivity index (χ3n) is 3.39. The molecule has 1 heterocycles. The molecular formula is C14H21ClN2O. The normalized spacial score (nSPS) is 22.6. The summed E-state index contributed by atoms with van der Waals surface area (Å²) in [5.41, 5.74) is 1.18. The zero-order valence-corrected chi connectivity index (χ0v) is 12.0. The van der Waals surface area contributed by atoms with E-state index in [0.717, 1.165) is 30.8 Å². The van der Waals surface area contributed by atoms with Crippen molar-refractivity contribution in [1.29, 1.82) is 0 Å². The van der Waals surface area contributed by atoms with Gasteiger partial charge in [0, 0.05) is 17.6 Å². The van der Waals surface area contributed by atoms with Crippen LogP contribution in [0, 0.1) is 0 Å². The molecule has 2 rings (SSSR count). The Bertz CT molecular complexity index is 420. The zero-order valence-electron chi connectivity index (χ0n) is 11.2. The fraction of sp³-hybridized carbons (Fsp3) is 0.571. The molecule has 1 aromatic carbocycles. The summed E-state index contributed by atoms with van der Waals surface area (Å²) >= 11 is 6.24.